The number of anilines is 2. The third-order valence-corrected chi connectivity index (χ3v) is 7.71. The third kappa shape index (κ3) is 6.66. The molecule has 208 valence electrons. The summed E-state index contributed by atoms with van der Waals surface area (Å²) < 4.78 is 5.37. The minimum absolute atomic E-state index is 0.0405. The molecule has 1 aromatic carbocycles. The van der Waals surface area contributed by atoms with Crippen LogP contribution < -0.4 is 21.3 Å². The van der Waals surface area contributed by atoms with Gasteiger partial charge < -0.3 is 35.8 Å². The van der Waals surface area contributed by atoms with Crippen LogP contribution >= 0.6 is 0 Å². The zero-order chi connectivity index (χ0) is 27.2. The predicted octanol–water partition coefficient (Wildman–Crippen LogP) is 1.91. The zero-order valence-electron chi connectivity index (χ0n) is 22.2. The molecule has 3 aliphatic rings. The maximum atomic E-state index is 13.1. The van der Waals surface area contributed by atoms with Gasteiger partial charge in [0.2, 0.25) is 0 Å². The third-order valence-electron chi connectivity index (χ3n) is 7.71. The number of hydrogen-bond donors (Lipinski definition) is 3. The molecule has 2 saturated heterocycles. The molecule has 4 N–H and O–H groups in total. The fourth-order valence-electron chi connectivity index (χ4n) is 5.37. The van der Waals surface area contributed by atoms with Gasteiger partial charge in [0.05, 0.1) is 30.2 Å². The van der Waals surface area contributed by atoms with Gasteiger partial charge in [-0.2, -0.15) is 0 Å². The highest BCUT2D eigenvalue weighted by molar-refractivity contribution is 6.07. The van der Waals surface area contributed by atoms with Crippen molar-refractivity contribution in [2.45, 2.75) is 37.8 Å². The lowest BCUT2D eigenvalue weighted by molar-refractivity contribution is 0.0428. The molecule has 3 fully saturated rings. The lowest BCUT2D eigenvalue weighted by atomic mass is 9.91. The number of carbonyl (C=O) groups excluding carboxylic acids is 3. The lowest BCUT2D eigenvalue weighted by Crippen LogP contribution is -2.54. The van der Waals surface area contributed by atoms with Crippen LogP contribution in [0, 0.1) is 0 Å². The minimum Gasteiger partial charge on any atom is -0.378 e. The number of hydrogen-bond acceptors (Lipinski definition) is 7. The largest absolute Gasteiger partial charge is 0.378 e. The summed E-state index contributed by atoms with van der Waals surface area (Å²) in [6.07, 6.45) is 6.65. The van der Waals surface area contributed by atoms with E-state index in [1.165, 1.54) is 6.20 Å². The van der Waals surface area contributed by atoms with Gasteiger partial charge in [0.1, 0.15) is 0 Å². The van der Waals surface area contributed by atoms with Crippen LogP contribution in [0.3, 0.4) is 0 Å². The fourth-order valence-corrected chi connectivity index (χ4v) is 5.37. The standard InChI is InChI=1S/C28H37N7O4/c29-22-4-6-23(7-5-22)31-26(36)20-3-8-25(24(18-20)32-27(37)21-2-1-9-30-19-21)33-10-12-34(13-11-33)28(38)35-14-16-39-17-15-35/h1-3,8-9,18-19,22-23H,4-7,10-17,29H2,(H,31,36)(H,32,37). The summed E-state index contributed by atoms with van der Waals surface area (Å²) in [6, 6.07) is 9.16. The summed E-state index contributed by atoms with van der Waals surface area (Å²) in [5.41, 5.74) is 8.29. The predicted molar refractivity (Wildman–Crippen MR) is 148 cm³/mol. The Morgan fingerprint density at radius 2 is 1.59 bits per heavy atom. The SMILES string of the molecule is NC1CCC(NC(=O)c2ccc(N3CCN(C(=O)N4CCOCC4)CC3)c(NC(=O)c3cccnc3)c2)CC1. The van der Waals surface area contributed by atoms with Crippen molar-refractivity contribution >= 4 is 29.2 Å². The molecule has 4 amide bonds. The number of nitrogens with zero attached hydrogens (tertiary/aromatic N) is 4. The summed E-state index contributed by atoms with van der Waals surface area (Å²) >= 11 is 0. The maximum Gasteiger partial charge on any atom is 0.320 e. The van der Waals surface area contributed by atoms with Crippen molar-refractivity contribution < 1.29 is 19.1 Å². The average Bonchev–Trinajstić information content (AvgIpc) is 2.99. The number of rotatable bonds is 5. The number of ether oxygens (including phenoxy) is 1. The van der Waals surface area contributed by atoms with Crippen molar-refractivity contribution in [3.8, 4) is 0 Å². The summed E-state index contributed by atoms with van der Waals surface area (Å²) in [6.45, 7) is 4.72. The first-order valence-corrected chi connectivity index (χ1v) is 13.8. The normalized spacial score (nSPS) is 21.8. The van der Waals surface area contributed by atoms with E-state index in [1.807, 2.05) is 15.9 Å². The van der Waals surface area contributed by atoms with Gasteiger partial charge in [0, 0.05) is 69.3 Å². The van der Waals surface area contributed by atoms with Gasteiger partial charge >= 0.3 is 6.03 Å². The molecule has 0 radical (unpaired) electrons. The Labute approximate surface area is 228 Å². The lowest BCUT2D eigenvalue weighted by Gasteiger charge is -2.39. The molecule has 11 nitrogen and oxygen atoms in total. The van der Waals surface area contributed by atoms with Crippen molar-refractivity contribution in [1.82, 2.24) is 20.1 Å². The molecule has 2 aromatic rings. The van der Waals surface area contributed by atoms with Crippen LogP contribution in [-0.2, 0) is 4.74 Å². The number of carbonyl (C=O) groups is 3. The number of nitrogens with one attached hydrogen (secondary N) is 2. The first-order chi connectivity index (χ1) is 19.0. The molecule has 0 atom stereocenters. The van der Waals surface area contributed by atoms with Crippen LogP contribution in [0.4, 0.5) is 16.2 Å². The molecule has 0 bridgehead atoms. The molecule has 2 aliphatic heterocycles. The van der Waals surface area contributed by atoms with Crippen LogP contribution in [-0.4, -0.2) is 97.2 Å². The van der Waals surface area contributed by atoms with Crippen molar-refractivity contribution in [3.63, 3.8) is 0 Å². The highest BCUT2D eigenvalue weighted by atomic mass is 16.5. The molecule has 0 unspecified atom stereocenters. The molecule has 3 heterocycles. The Morgan fingerprint density at radius 1 is 0.872 bits per heavy atom. The highest BCUT2D eigenvalue weighted by Crippen LogP contribution is 2.29. The minimum atomic E-state index is -0.302. The first-order valence-electron chi connectivity index (χ1n) is 13.8. The molecule has 1 aromatic heterocycles. The van der Waals surface area contributed by atoms with Gasteiger partial charge in [-0.25, -0.2) is 4.79 Å². The van der Waals surface area contributed by atoms with E-state index >= 15 is 0 Å². The summed E-state index contributed by atoms with van der Waals surface area (Å²) in [5, 5.41) is 6.12. The molecular weight excluding hydrogens is 498 g/mol. The van der Waals surface area contributed by atoms with Crippen LogP contribution in [0.15, 0.2) is 42.7 Å². The number of aromatic nitrogens is 1. The van der Waals surface area contributed by atoms with E-state index in [4.69, 9.17) is 10.5 Å². The smallest absolute Gasteiger partial charge is 0.320 e. The van der Waals surface area contributed by atoms with Gasteiger partial charge in [-0.05, 0) is 56.0 Å². The highest BCUT2D eigenvalue weighted by Gasteiger charge is 2.28. The topological polar surface area (TPSA) is 133 Å². The van der Waals surface area contributed by atoms with Crippen LogP contribution in [0.5, 0.6) is 0 Å². The van der Waals surface area contributed by atoms with E-state index in [-0.39, 0.29) is 29.9 Å². The molecule has 39 heavy (non-hydrogen) atoms. The second-order valence-electron chi connectivity index (χ2n) is 10.4. The van der Waals surface area contributed by atoms with Gasteiger partial charge in [-0.1, -0.05) is 0 Å². The quantitative estimate of drug-likeness (QED) is 0.533. The van der Waals surface area contributed by atoms with Crippen LogP contribution in [0.2, 0.25) is 0 Å². The van der Waals surface area contributed by atoms with Gasteiger partial charge in [0.15, 0.2) is 0 Å². The van der Waals surface area contributed by atoms with Crippen molar-refractivity contribution in [2.24, 2.45) is 5.73 Å². The van der Waals surface area contributed by atoms with E-state index in [0.717, 1.165) is 31.4 Å². The number of piperazine rings is 1. The first kappa shape index (κ1) is 26.9. The van der Waals surface area contributed by atoms with E-state index in [2.05, 4.69) is 20.5 Å². The fraction of sp³-hybridized carbons (Fsp3) is 0.500. The van der Waals surface area contributed by atoms with E-state index < -0.39 is 0 Å². The Balaban J connectivity index is 1.31. The van der Waals surface area contributed by atoms with Crippen LogP contribution in [0.25, 0.3) is 0 Å². The number of benzene rings is 1. The van der Waals surface area contributed by atoms with Crippen molar-refractivity contribution in [3.05, 3.63) is 53.9 Å². The van der Waals surface area contributed by atoms with E-state index in [0.29, 0.717) is 69.3 Å². The maximum absolute atomic E-state index is 13.1. The second kappa shape index (κ2) is 12.4. The van der Waals surface area contributed by atoms with Crippen molar-refractivity contribution in [2.75, 3.05) is 62.7 Å². The molecule has 5 rings (SSSR count). The Bertz CT molecular complexity index is 1160. The van der Waals surface area contributed by atoms with Gasteiger partial charge in [-0.15, -0.1) is 0 Å². The Morgan fingerprint density at radius 3 is 2.28 bits per heavy atom. The number of morpholine rings is 1. The second-order valence-corrected chi connectivity index (χ2v) is 10.4. The molecule has 1 saturated carbocycles. The molecule has 0 spiro atoms. The average molecular weight is 536 g/mol. The Hall–Kier alpha value is -3.70. The van der Waals surface area contributed by atoms with Gasteiger partial charge in [-0.3, -0.25) is 14.6 Å². The van der Waals surface area contributed by atoms with E-state index in [9.17, 15) is 14.4 Å². The summed E-state index contributed by atoms with van der Waals surface area (Å²) in [7, 11) is 0. The number of amides is 4. The van der Waals surface area contributed by atoms with Crippen molar-refractivity contribution in [1.29, 1.82) is 0 Å². The molecule has 1 aliphatic carbocycles. The summed E-state index contributed by atoms with van der Waals surface area (Å²) in [4.78, 5) is 49.0. The van der Waals surface area contributed by atoms with Crippen LogP contribution in [0.1, 0.15) is 46.4 Å². The zero-order valence-corrected chi connectivity index (χ0v) is 22.2. The number of urea groups is 1. The van der Waals surface area contributed by atoms with E-state index in [1.54, 1.807) is 30.5 Å². The monoisotopic (exact) mass is 535 g/mol. The van der Waals surface area contributed by atoms with Gasteiger partial charge in [0.25, 0.3) is 11.8 Å². The molecular formula is C28H37N7O4. The Kier molecular flexibility index (Phi) is 8.58. The molecule has 11 heteroatoms. The number of pyridine rings is 1. The summed E-state index contributed by atoms with van der Waals surface area (Å²) in [5.74, 6) is -0.468. The number of nitrogens with two attached hydrogens (primary N) is 1.